The van der Waals surface area contributed by atoms with Gasteiger partial charge in [-0.1, -0.05) is 44.5 Å². The van der Waals surface area contributed by atoms with E-state index < -0.39 is 0 Å². The van der Waals surface area contributed by atoms with Gasteiger partial charge in [0.15, 0.2) is 11.5 Å². The molecule has 0 spiro atoms. The average Bonchev–Trinajstić information content (AvgIpc) is 2.96. The molecule has 0 aliphatic heterocycles. The lowest BCUT2D eigenvalue weighted by Gasteiger charge is -2.21. The number of fused-ring (bicyclic) bond motifs is 3. The highest BCUT2D eigenvalue weighted by Gasteiger charge is 2.25. The SMILES string of the molecule is CC[C@H](C)[C@H](NC(C)=O)c1nnc2c3ccccc3cnn12. The van der Waals surface area contributed by atoms with E-state index >= 15 is 0 Å². The number of aromatic nitrogens is 4. The summed E-state index contributed by atoms with van der Waals surface area (Å²) in [5.74, 6) is 0.831. The molecule has 0 bridgehead atoms. The molecular weight excluding hydrogens is 278 g/mol. The number of benzene rings is 1. The molecule has 1 aromatic carbocycles. The molecule has 22 heavy (non-hydrogen) atoms. The van der Waals surface area contributed by atoms with Gasteiger partial charge >= 0.3 is 0 Å². The van der Waals surface area contributed by atoms with Gasteiger partial charge in [0.2, 0.25) is 5.91 Å². The standard InChI is InChI=1S/C16H19N5O/c1-4-10(2)14(18-11(3)22)16-20-19-15-13-8-6-5-7-12(13)9-17-21(15)16/h5-10,14H,4H2,1-3H3,(H,18,22)/t10-,14-/m0/s1. The summed E-state index contributed by atoms with van der Waals surface area (Å²) in [6.45, 7) is 5.69. The Morgan fingerprint density at radius 2 is 2.09 bits per heavy atom. The highest BCUT2D eigenvalue weighted by Crippen LogP contribution is 2.25. The van der Waals surface area contributed by atoms with Gasteiger partial charge in [0.05, 0.1) is 12.2 Å². The van der Waals surface area contributed by atoms with Crippen molar-refractivity contribution in [3.8, 4) is 0 Å². The second-order valence-corrected chi connectivity index (χ2v) is 5.59. The van der Waals surface area contributed by atoms with Gasteiger partial charge in [-0.05, 0) is 5.92 Å². The van der Waals surface area contributed by atoms with Gasteiger partial charge in [-0.3, -0.25) is 4.79 Å². The molecular formula is C16H19N5O. The normalized spacial score (nSPS) is 14.1. The summed E-state index contributed by atoms with van der Waals surface area (Å²) in [5.41, 5.74) is 0.715. The van der Waals surface area contributed by atoms with Gasteiger partial charge in [-0.15, -0.1) is 10.2 Å². The molecule has 0 radical (unpaired) electrons. The van der Waals surface area contributed by atoms with E-state index in [4.69, 9.17) is 0 Å². The molecule has 0 saturated heterocycles. The maximum Gasteiger partial charge on any atom is 0.217 e. The van der Waals surface area contributed by atoms with E-state index in [2.05, 4.69) is 34.5 Å². The quantitative estimate of drug-likeness (QED) is 0.803. The molecule has 2 heterocycles. The van der Waals surface area contributed by atoms with E-state index in [1.54, 1.807) is 10.7 Å². The van der Waals surface area contributed by atoms with Crippen molar-refractivity contribution < 1.29 is 4.79 Å². The fourth-order valence-electron chi connectivity index (χ4n) is 2.62. The van der Waals surface area contributed by atoms with Crippen LogP contribution in [0.15, 0.2) is 30.5 Å². The summed E-state index contributed by atoms with van der Waals surface area (Å²) in [7, 11) is 0. The summed E-state index contributed by atoms with van der Waals surface area (Å²) in [6, 6.07) is 7.73. The van der Waals surface area contributed by atoms with E-state index in [1.165, 1.54) is 6.92 Å². The Morgan fingerprint density at radius 3 is 2.82 bits per heavy atom. The molecule has 6 nitrogen and oxygen atoms in total. The van der Waals surface area contributed by atoms with Crippen molar-refractivity contribution in [3.05, 3.63) is 36.3 Å². The monoisotopic (exact) mass is 297 g/mol. The number of rotatable bonds is 4. The van der Waals surface area contributed by atoms with Gasteiger partial charge in [-0.25, -0.2) is 0 Å². The van der Waals surface area contributed by atoms with Crippen LogP contribution in [0.1, 0.15) is 39.1 Å². The van der Waals surface area contributed by atoms with E-state index in [1.807, 2.05) is 24.3 Å². The third-order valence-electron chi connectivity index (χ3n) is 4.03. The van der Waals surface area contributed by atoms with Gasteiger partial charge in [-0.2, -0.15) is 9.61 Å². The second-order valence-electron chi connectivity index (χ2n) is 5.59. The Kier molecular flexibility index (Phi) is 3.75. The lowest BCUT2D eigenvalue weighted by Crippen LogP contribution is -2.32. The van der Waals surface area contributed by atoms with E-state index in [-0.39, 0.29) is 17.9 Å². The second kappa shape index (κ2) is 5.71. The Labute approximate surface area is 128 Å². The minimum atomic E-state index is -0.203. The molecule has 0 aliphatic carbocycles. The van der Waals surface area contributed by atoms with Crippen LogP contribution in [0.25, 0.3) is 16.4 Å². The van der Waals surface area contributed by atoms with Gasteiger partial charge < -0.3 is 5.32 Å². The van der Waals surface area contributed by atoms with Crippen LogP contribution in [0, 0.1) is 5.92 Å². The first-order valence-electron chi connectivity index (χ1n) is 7.48. The predicted molar refractivity (Wildman–Crippen MR) is 84.3 cm³/mol. The zero-order chi connectivity index (χ0) is 15.7. The zero-order valence-corrected chi connectivity index (χ0v) is 12.9. The molecule has 0 unspecified atom stereocenters. The minimum Gasteiger partial charge on any atom is -0.346 e. The third-order valence-corrected chi connectivity index (χ3v) is 4.03. The third kappa shape index (κ3) is 2.41. The van der Waals surface area contributed by atoms with Gasteiger partial charge in [0.1, 0.15) is 0 Å². The number of carbonyl (C=O) groups excluding carboxylic acids is 1. The molecule has 0 fully saturated rings. The van der Waals surface area contributed by atoms with Crippen molar-refractivity contribution >= 4 is 22.3 Å². The minimum absolute atomic E-state index is 0.0807. The molecule has 114 valence electrons. The summed E-state index contributed by atoms with van der Waals surface area (Å²) < 4.78 is 1.73. The molecule has 2 atom stereocenters. The van der Waals surface area contributed by atoms with Crippen LogP contribution in [0.3, 0.4) is 0 Å². The van der Waals surface area contributed by atoms with Crippen LogP contribution in [0.5, 0.6) is 0 Å². The fraction of sp³-hybridized carbons (Fsp3) is 0.375. The highest BCUT2D eigenvalue weighted by atomic mass is 16.1. The van der Waals surface area contributed by atoms with Crippen LogP contribution in [-0.4, -0.2) is 25.7 Å². The number of hydrogen-bond donors (Lipinski definition) is 1. The number of amides is 1. The van der Waals surface area contributed by atoms with Gasteiger partial charge in [0.25, 0.3) is 0 Å². The van der Waals surface area contributed by atoms with Crippen LogP contribution in [-0.2, 0) is 4.79 Å². The molecule has 1 amide bonds. The predicted octanol–water partition coefficient (Wildman–Crippen LogP) is 2.50. The number of nitrogens with one attached hydrogen (secondary N) is 1. The van der Waals surface area contributed by atoms with Gasteiger partial charge in [0, 0.05) is 17.7 Å². The molecule has 1 N–H and O–H groups in total. The maximum absolute atomic E-state index is 11.5. The molecule has 3 aromatic rings. The maximum atomic E-state index is 11.5. The van der Waals surface area contributed by atoms with Crippen LogP contribution in [0.2, 0.25) is 0 Å². The van der Waals surface area contributed by atoms with Crippen molar-refractivity contribution in [2.75, 3.05) is 0 Å². The zero-order valence-electron chi connectivity index (χ0n) is 12.9. The molecule has 6 heteroatoms. The lowest BCUT2D eigenvalue weighted by atomic mass is 9.98. The summed E-state index contributed by atoms with van der Waals surface area (Å²) in [5, 5.41) is 18.0. The van der Waals surface area contributed by atoms with Crippen molar-refractivity contribution in [3.63, 3.8) is 0 Å². The Morgan fingerprint density at radius 1 is 1.32 bits per heavy atom. The Hall–Kier alpha value is -2.50. The Bertz CT molecular complexity index is 826. The largest absolute Gasteiger partial charge is 0.346 e. The first-order valence-corrected chi connectivity index (χ1v) is 7.48. The lowest BCUT2D eigenvalue weighted by molar-refractivity contribution is -0.120. The van der Waals surface area contributed by atoms with Crippen molar-refractivity contribution in [2.24, 2.45) is 5.92 Å². The molecule has 0 aliphatic rings. The molecule has 0 saturated carbocycles. The number of nitrogens with zero attached hydrogens (tertiary/aromatic N) is 4. The first kappa shape index (κ1) is 14.4. The van der Waals surface area contributed by atoms with E-state index in [0.29, 0.717) is 11.5 Å². The topological polar surface area (TPSA) is 72.2 Å². The molecule has 2 aromatic heterocycles. The molecule has 3 rings (SSSR count). The summed E-state index contributed by atoms with van der Waals surface area (Å²) >= 11 is 0. The number of hydrogen-bond acceptors (Lipinski definition) is 4. The smallest absolute Gasteiger partial charge is 0.217 e. The fourth-order valence-corrected chi connectivity index (χ4v) is 2.62. The highest BCUT2D eigenvalue weighted by molar-refractivity contribution is 5.92. The summed E-state index contributed by atoms with van der Waals surface area (Å²) in [4.78, 5) is 11.5. The Balaban J connectivity index is 2.17. The van der Waals surface area contributed by atoms with Crippen LogP contribution in [0.4, 0.5) is 0 Å². The van der Waals surface area contributed by atoms with Crippen molar-refractivity contribution in [1.82, 2.24) is 25.1 Å². The van der Waals surface area contributed by atoms with Crippen molar-refractivity contribution in [1.29, 1.82) is 0 Å². The van der Waals surface area contributed by atoms with E-state index in [9.17, 15) is 4.79 Å². The van der Waals surface area contributed by atoms with Crippen LogP contribution >= 0.6 is 0 Å². The average molecular weight is 297 g/mol. The number of carbonyl (C=O) groups is 1. The first-order chi connectivity index (χ1) is 10.6. The van der Waals surface area contributed by atoms with Crippen molar-refractivity contribution in [2.45, 2.75) is 33.2 Å². The van der Waals surface area contributed by atoms with Crippen LogP contribution < -0.4 is 5.32 Å². The van der Waals surface area contributed by atoms with E-state index in [0.717, 1.165) is 17.2 Å². The summed E-state index contributed by atoms with van der Waals surface area (Å²) in [6.07, 6.45) is 2.73.